The van der Waals surface area contributed by atoms with Gasteiger partial charge in [0.25, 0.3) is 11.5 Å². The van der Waals surface area contributed by atoms with E-state index in [1.807, 2.05) is 81.7 Å². The molecule has 59 heavy (non-hydrogen) atoms. The quantitative estimate of drug-likeness (QED) is 0.296. The molecule has 10 nitrogen and oxygen atoms in total. The van der Waals surface area contributed by atoms with E-state index in [9.17, 15) is 14.4 Å². The van der Waals surface area contributed by atoms with Crippen molar-refractivity contribution < 1.29 is 19.1 Å². The fourth-order valence-corrected chi connectivity index (χ4v) is 7.01. The van der Waals surface area contributed by atoms with Crippen LogP contribution in [0.2, 0.25) is 0 Å². The van der Waals surface area contributed by atoms with Crippen LogP contribution in [0.3, 0.4) is 0 Å². The fourth-order valence-electron chi connectivity index (χ4n) is 7.01. The monoisotopic (exact) mass is 834 g/mol. The second-order valence-corrected chi connectivity index (χ2v) is 15.9. The van der Waals surface area contributed by atoms with Crippen molar-refractivity contribution >= 4 is 11.8 Å². The molecule has 1 aromatic heterocycles. The highest BCUT2D eigenvalue weighted by atomic mass is 16.5. The lowest BCUT2D eigenvalue weighted by molar-refractivity contribution is -0.129. The van der Waals surface area contributed by atoms with Crippen LogP contribution in [0, 0.1) is 11.8 Å². The number of morpholine rings is 1. The van der Waals surface area contributed by atoms with E-state index in [0.717, 1.165) is 94.5 Å². The van der Waals surface area contributed by atoms with Crippen LogP contribution < -0.4 is 5.56 Å². The number of rotatable bonds is 5. The maximum Gasteiger partial charge on any atom is 0.254 e. The Morgan fingerprint density at radius 2 is 1.08 bits per heavy atom. The molecule has 2 unspecified atom stereocenters. The van der Waals surface area contributed by atoms with Gasteiger partial charge in [0, 0.05) is 106 Å². The van der Waals surface area contributed by atoms with Gasteiger partial charge in [-0.2, -0.15) is 0 Å². The van der Waals surface area contributed by atoms with Gasteiger partial charge in [0.2, 0.25) is 5.91 Å². The molecule has 0 aliphatic carbocycles. The Bertz CT molecular complexity index is 1410. The van der Waals surface area contributed by atoms with E-state index in [1.54, 1.807) is 22.9 Å². The molecule has 0 spiro atoms. The zero-order valence-corrected chi connectivity index (χ0v) is 35.9. The average Bonchev–Trinajstić information content (AvgIpc) is 3.95. The van der Waals surface area contributed by atoms with E-state index >= 15 is 0 Å². The number of carbonyl (C=O) groups is 2. The summed E-state index contributed by atoms with van der Waals surface area (Å²) >= 11 is 0. The molecule has 2 atom stereocenters. The van der Waals surface area contributed by atoms with Crippen LogP contribution in [0.4, 0.5) is 0 Å². The van der Waals surface area contributed by atoms with Gasteiger partial charge in [-0.3, -0.25) is 19.3 Å². The number of amides is 2. The highest BCUT2D eigenvalue weighted by Crippen LogP contribution is 2.30. The summed E-state index contributed by atoms with van der Waals surface area (Å²) in [6, 6.07) is 15.4. The number of aromatic nitrogens is 1. The van der Waals surface area contributed by atoms with Crippen LogP contribution >= 0.6 is 0 Å². The van der Waals surface area contributed by atoms with Crippen LogP contribution in [0.1, 0.15) is 155 Å². The molecule has 346 valence electrons. The van der Waals surface area contributed by atoms with Crippen LogP contribution in [-0.2, 0) is 20.8 Å². The molecule has 4 saturated heterocycles. The number of likely N-dealkylation sites (tertiary alicyclic amines) is 2. The normalized spacial score (nSPS) is 18.9. The zero-order chi connectivity index (χ0) is 40.4. The van der Waals surface area contributed by atoms with Crippen LogP contribution in [-0.4, -0.2) is 119 Å². The minimum absolute atomic E-state index is 0. The molecule has 2 aromatic rings. The number of ether oxygens (including phenoxy) is 2. The maximum atomic E-state index is 11.8. The van der Waals surface area contributed by atoms with Crippen molar-refractivity contribution in [3.63, 3.8) is 0 Å². The summed E-state index contributed by atoms with van der Waals surface area (Å²) in [5.41, 5.74) is 2.09. The standard InChI is InChI=1S/C11H13NO.C9H17NO.C8H11NO.C7H15NO.C7H13NO.C2H6.5CH4/c1-8(2)12-7-9-5-3-4-6-10(9)11(12)13;1-7(2)10-3-8-5-11-6-9(8)4-10;1-7(2)9-6-4-3-5-8(9)10;1-7(2)8-3-5-9-6-4-8;1-6(2)8-5-3-4-7(8)9;1-2;;;;;/h3-6,8H,7H2,1-2H3;7-9H,3-6H2,1-2H3;3-7H,1-2H3;7H,3-6H2,1-2H3;6H,3-5H2,1-2H3;1-2H3;5*1H4. The topological polar surface area (TPSA) is 87.6 Å². The molecular formula is C49H95N5O5. The summed E-state index contributed by atoms with van der Waals surface area (Å²) in [6.07, 6.45) is 3.61. The smallest absolute Gasteiger partial charge is 0.254 e. The van der Waals surface area contributed by atoms with Crippen molar-refractivity contribution in [1.82, 2.24) is 24.2 Å². The molecule has 4 fully saturated rings. The summed E-state index contributed by atoms with van der Waals surface area (Å²) in [7, 11) is 0. The van der Waals surface area contributed by atoms with Crippen LogP contribution in [0.25, 0.3) is 0 Å². The van der Waals surface area contributed by atoms with Gasteiger partial charge < -0.3 is 28.7 Å². The van der Waals surface area contributed by atoms with E-state index in [4.69, 9.17) is 9.47 Å². The Hall–Kier alpha value is -3.05. The fraction of sp³-hybridized carbons (Fsp3) is 0.735. The Labute approximate surface area is 365 Å². The third-order valence-corrected chi connectivity index (χ3v) is 10.4. The van der Waals surface area contributed by atoms with E-state index in [1.165, 1.54) is 13.1 Å². The summed E-state index contributed by atoms with van der Waals surface area (Å²) in [6.45, 7) is 35.5. The van der Waals surface area contributed by atoms with E-state index in [0.29, 0.717) is 24.0 Å². The number of nitrogens with zero attached hydrogens (tertiary/aromatic N) is 5. The lowest BCUT2D eigenvalue weighted by atomic mass is 10.0. The van der Waals surface area contributed by atoms with Crippen LogP contribution in [0.5, 0.6) is 0 Å². The largest absolute Gasteiger partial charge is 0.381 e. The van der Waals surface area contributed by atoms with Crippen molar-refractivity contribution in [1.29, 1.82) is 0 Å². The van der Waals surface area contributed by atoms with Crippen molar-refractivity contribution in [2.24, 2.45) is 11.8 Å². The second-order valence-electron chi connectivity index (χ2n) is 15.9. The van der Waals surface area contributed by atoms with Gasteiger partial charge in [-0.05, 0) is 93.4 Å². The number of hydrogen-bond acceptors (Lipinski definition) is 7. The Morgan fingerprint density at radius 1 is 0.576 bits per heavy atom. The van der Waals surface area contributed by atoms with Gasteiger partial charge in [0.15, 0.2) is 0 Å². The van der Waals surface area contributed by atoms with Crippen molar-refractivity contribution in [3.8, 4) is 0 Å². The average molecular weight is 834 g/mol. The third kappa shape index (κ3) is 20.4. The first-order valence-corrected chi connectivity index (χ1v) is 20.7. The molecule has 0 bridgehead atoms. The molecule has 5 aliphatic rings. The molecule has 10 heteroatoms. The third-order valence-electron chi connectivity index (χ3n) is 10.4. The van der Waals surface area contributed by atoms with E-state index < -0.39 is 0 Å². The van der Waals surface area contributed by atoms with Crippen molar-refractivity contribution in [2.75, 3.05) is 59.2 Å². The van der Waals surface area contributed by atoms with E-state index in [-0.39, 0.29) is 54.6 Å². The van der Waals surface area contributed by atoms with E-state index in [2.05, 4.69) is 51.3 Å². The molecule has 2 amide bonds. The lowest BCUT2D eigenvalue weighted by Gasteiger charge is -2.29. The van der Waals surface area contributed by atoms with Crippen molar-refractivity contribution in [3.05, 3.63) is 70.1 Å². The minimum atomic E-state index is 0. The summed E-state index contributed by atoms with van der Waals surface area (Å²) in [5, 5.41) is 0. The summed E-state index contributed by atoms with van der Waals surface area (Å²) < 4.78 is 12.3. The molecule has 6 heterocycles. The molecule has 5 aliphatic heterocycles. The predicted molar refractivity (Wildman–Crippen MR) is 256 cm³/mol. The Morgan fingerprint density at radius 3 is 1.46 bits per heavy atom. The molecule has 0 radical (unpaired) electrons. The van der Waals surface area contributed by atoms with Gasteiger partial charge in [0.05, 0.1) is 26.4 Å². The highest BCUT2D eigenvalue weighted by molar-refractivity contribution is 5.98. The highest BCUT2D eigenvalue weighted by Gasteiger charge is 2.37. The number of fused-ring (bicyclic) bond motifs is 2. The SMILES string of the molecule is C.C.C.C.C.CC.CC(C)N1CC2COCC2C1.CC(C)N1CCCC1=O.CC(C)N1CCOCC1.CC(C)N1Cc2ccccc2C1=O.CC(C)n1ccccc1=O. The first-order chi connectivity index (χ1) is 25.7. The molecule has 1 aromatic carbocycles. The van der Waals surface area contributed by atoms with Gasteiger partial charge >= 0.3 is 0 Å². The zero-order valence-electron chi connectivity index (χ0n) is 35.9. The summed E-state index contributed by atoms with van der Waals surface area (Å²) in [5.74, 6) is 2.19. The lowest BCUT2D eigenvalue weighted by Crippen LogP contribution is -2.40. The second kappa shape index (κ2) is 32.7. The first-order valence-electron chi connectivity index (χ1n) is 20.7. The number of benzene rings is 1. The predicted octanol–water partition coefficient (Wildman–Crippen LogP) is 10.4. The van der Waals surface area contributed by atoms with Gasteiger partial charge in [0.1, 0.15) is 0 Å². The Kier molecular flexibility index (Phi) is 34.7. The molecule has 7 rings (SSSR count). The van der Waals surface area contributed by atoms with Gasteiger partial charge in [-0.15, -0.1) is 0 Å². The Balaban J connectivity index is -0.000000312. The summed E-state index contributed by atoms with van der Waals surface area (Å²) in [4.78, 5) is 42.6. The van der Waals surface area contributed by atoms with Crippen molar-refractivity contribution in [2.45, 2.75) is 170 Å². The molecular weight excluding hydrogens is 739 g/mol. The van der Waals surface area contributed by atoms with Crippen LogP contribution in [0.15, 0.2) is 53.5 Å². The number of pyridine rings is 1. The maximum absolute atomic E-state index is 11.8. The molecule has 0 N–H and O–H groups in total. The molecule has 0 saturated carbocycles. The number of hydrogen-bond donors (Lipinski definition) is 0. The van der Waals surface area contributed by atoms with Gasteiger partial charge in [-0.25, -0.2) is 0 Å². The number of carbonyl (C=O) groups excluding carboxylic acids is 2. The van der Waals surface area contributed by atoms with Gasteiger partial charge in [-0.1, -0.05) is 75.2 Å². The first kappa shape index (κ1) is 62.6. The minimum Gasteiger partial charge on any atom is -0.381 e.